The van der Waals surface area contributed by atoms with Crippen molar-refractivity contribution in [2.75, 3.05) is 6.54 Å². The number of likely N-dealkylation sites (tertiary alicyclic amines) is 1. The third-order valence-electron chi connectivity index (χ3n) is 5.01. The summed E-state index contributed by atoms with van der Waals surface area (Å²) in [6.45, 7) is 2.32. The van der Waals surface area contributed by atoms with Crippen LogP contribution in [0.2, 0.25) is 0 Å². The van der Waals surface area contributed by atoms with Gasteiger partial charge in [0.1, 0.15) is 6.04 Å². The molecule has 0 unspecified atom stereocenters. The third-order valence-corrected chi connectivity index (χ3v) is 5.01. The van der Waals surface area contributed by atoms with E-state index in [9.17, 15) is 19.5 Å². The lowest BCUT2D eigenvalue weighted by molar-refractivity contribution is -0.310. The van der Waals surface area contributed by atoms with E-state index in [1.165, 1.54) is 4.90 Å². The molecule has 2 amide bonds. The first-order valence-electron chi connectivity index (χ1n) is 9.38. The Hall–Kier alpha value is -3.15. The Morgan fingerprint density at radius 2 is 1.79 bits per heavy atom. The Morgan fingerprint density at radius 3 is 2.43 bits per heavy atom. The first-order valence-corrected chi connectivity index (χ1v) is 9.38. The number of carbonyl (C=O) groups is 3. The standard InChI is InChI=1S/C22H24N2O4/c1-15-9-11-16(12-10-15)14-18(23-20(25)17-6-3-2-4-7-17)21(26)24-13-5-8-19(24)22(27)28/h2-4,6-7,9-12,18-19H,5,8,13-14H2,1H3,(H,23,25)(H,27,28)/p-1/t18-,19-/m1/s1. The minimum Gasteiger partial charge on any atom is -0.548 e. The molecule has 1 saturated heterocycles. The molecular formula is C22H23N2O4-. The normalized spacial score (nSPS) is 17.2. The van der Waals surface area contributed by atoms with E-state index < -0.39 is 24.0 Å². The first-order chi connectivity index (χ1) is 13.5. The summed E-state index contributed by atoms with van der Waals surface area (Å²) < 4.78 is 0. The summed E-state index contributed by atoms with van der Waals surface area (Å²) >= 11 is 0. The second-order valence-corrected chi connectivity index (χ2v) is 7.09. The van der Waals surface area contributed by atoms with Crippen molar-refractivity contribution in [2.45, 2.75) is 38.3 Å². The molecule has 0 saturated carbocycles. The fraction of sp³-hybridized carbons (Fsp3) is 0.318. The number of nitrogens with one attached hydrogen (secondary N) is 1. The molecule has 2 aromatic carbocycles. The van der Waals surface area contributed by atoms with Crippen molar-refractivity contribution in [3.05, 3.63) is 71.3 Å². The number of nitrogens with zero attached hydrogens (tertiary/aromatic N) is 1. The second-order valence-electron chi connectivity index (χ2n) is 7.09. The van der Waals surface area contributed by atoms with Crippen LogP contribution in [0, 0.1) is 6.92 Å². The minimum atomic E-state index is -1.26. The van der Waals surface area contributed by atoms with Gasteiger partial charge in [-0.3, -0.25) is 9.59 Å². The van der Waals surface area contributed by atoms with Gasteiger partial charge in [0.05, 0.1) is 12.0 Å². The van der Waals surface area contributed by atoms with Gasteiger partial charge in [0.25, 0.3) is 5.91 Å². The van der Waals surface area contributed by atoms with Crippen LogP contribution in [-0.4, -0.2) is 41.3 Å². The molecule has 0 aromatic heterocycles. The number of benzene rings is 2. The molecule has 28 heavy (non-hydrogen) atoms. The van der Waals surface area contributed by atoms with Gasteiger partial charge in [-0.05, 0) is 37.5 Å². The average Bonchev–Trinajstić information content (AvgIpc) is 3.19. The van der Waals surface area contributed by atoms with Crippen molar-refractivity contribution < 1.29 is 19.5 Å². The van der Waals surface area contributed by atoms with Crippen molar-refractivity contribution >= 4 is 17.8 Å². The Morgan fingerprint density at radius 1 is 1.11 bits per heavy atom. The number of hydrogen-bond donors (Lipinski definition) is 1. The SMILES string of the molecule is Cc1ccc(C[C@@H](NC(=O)c2ccccc2)C(=O)N2CCC[C@@H]2C(=O)[O-])cc1. The van der Waals surface area contributed by atoms with Crippen molar-refractivity contribution in [3.63, 3.8) is 0 Å². The molecule has 1 aliphatic rings. The lowest BCUT2D eigenvalue weighted by Gasteiger charge is -2.30. The van der Waals surface area contributed by atoms with Crippen LogP contribution in [0.3, 0.4) is 0 Å². The molecule has 1 heterocycles. The van der Waals surface area contributed by atoms with E-state index >= 15 is 0 Å². The number of amides is 2. The highest BCUT2D eigenvalue weighted by Gasteiger charge is 2.34. The van der Waals surface area contributed by atoms with Crippen molar-refractivity contribution in [1.29, 1.82) is 0 Å². The maximum Gasteiger partial charge on any atom is 0.251 e. The van der Waals surface area contributed by atoms with Crippen LogP contribution in [0.4, 0.5) is 0 Å². The maximum atomic E-state index is 13.1. The quantitative estimate of drug-likeness (QED) is 0.813. The lowest BCUT2D eigenvalue weighted by atomic mass is 10.0. The smallest absolute Gasteiger partial charge is 0.251 e. The lowest BCUT2D eigenvalue weighted by Crippen LogP contribution is -2.54. The van der Waals surface area contributed by atoms with Crippen LogP contribution in [-0.2, 0) is 16.0 Å². The number of aryl methyl sites for hydroxylation is 1. The summed E-state index contributed by atoms with van der Waals surface area (Å²) in [5.74, 6) is -2.01. The molecule has 146 valence electrons. The molecule has 1 aliphatic heterocycles. The van der Waals surface area contributed by atoms with Gasteiger partial charge in [0.2, 0.25) is 5.91 Å². The highest BCUT2D eigenvalue weighted by atomic mass is 16.4. The minimum absolute atomic E-state index is 0.286. The maximum absolute atomic E-state index is 13.1. The van der Waals surface area contributed by atoms with Gasteiger partial charge in [-0.15, -0.1) is 0 Å². The Bertz CT molecular complexity index is 849. The predicted molar refractivity (Wildman–Crippen MR) is 102 cm³/mol. The van der Waals surface area contributed by atoms with Gasteiger partial charge in [-0.25, -0.2) is 0 Å². The summed E-state index contributed by atoms with van der Waals surface area (Å²) in [6.07, 6.45) is 1.26. The number of rotatable bonds is 6. The van der Waals surface area contributed by atoms with Crippen LogP contribution in [0.5, 0.6) is 0 Å². The fourth-order valence-electron chi connectivity index (χ4n) is 3.47. The van der Waals surface area contributed by atoms with Gasteiger partial charge < -0.3 is 20.1 Å². The molecule has 1 fully saturated rings. The number of carboxylic acids is 1. The molecule has 6 heteroatoms. The van der Waals surface area contributed by atoms with E-state index in [0.717, 1.165) is 11.1 Å². The summed E-state index contributed by atoms with van der Waals surface area (Å²) in [6, 6.07) is 14.5. The molecule has 1 N–H and O–H groups in total. The Labute approximate surface area is 164 Å². The van der Waals surface area contributed by atoms with E-state index in [1.807, 2.05) is 31.2 Å². The van der Waals surface area contributed by atoms with Gasteiger partial charge in [0.15, 0.2) is 0 Å². The number of aliphatic carboxylic acids is 1. The van der Waals surface area contributed by atoms with E-state index in [0.29, 0.717) is 24.9 Å². The van der Waals surface area contributed by atoms with E-state index in [-0.39, 0.29) is 12.3 Å². The zero-order valence-electron chi connectivity index (χ0n) is 15.8. The van der Waals surface area contributed by atoms with Crippen LogP contribution >= 0.6 is 0 Å². The largest absolute Gasteiger partial charge is 0.548 e. The van der Waals surface area contributed by atoms with E-state index in [1.54, 1.807) is 30.3 Å². The number of hydrogen-bond acceptors (Lipinski definition) is 4. The number of carboxylic acid groups (broad SMARTS) is 1. The second kappa shape index (κ2) is 8.69. The topological polar surface area (TPSA) is 89.5 Å². The molecule has 0 radical (unpaired) electrons. The molecule has 0 aliphatic carbocycles. The van der Waals surface area contributed by atoms with Gasteiger partial charge in [0, 0.05) is 18.5 Å². The highest BCUT2D eigenvalue weighted by molar-refractivity contribution is 5.98. The first kappa shape index (κ1) is 19.6. The average molecular weight is 379 g/mol. The molecular weight excluding hydrogens is 356 g/mol. The summed E-state index contributed by atoms with van der Waals surface area (Å²) in [5.41, 5.74) is 2.43. The monoisotopic (exact) mass is 379 g/mol. The molecule has 0 bridgehead atoms. The zero-order valence-corrected chi connectivity index (χ0v) is 15.8. The predicted octanol–water partition coefficient (Wildman–Crippen LogP) is 1.08. The molecule has 3 rings (SSSR count). The van der Waals surface area contributed by atoms with Crippen LogP contribution in [0.25, 0.3) is 0 Å². The Kier molecular flexibility index (Phi) is 6.09. The van der Waals surface area contributed by atoms with Gasteiger partial charge >= 0.3 is 0 Å². The molecule has 0 spiro atoms. The van der Waals surface area contributed by atoms with Crippen molar-refractivity contribution in [2.24, 2.45) is 0 Å². The third kappa shape index (κ3) is 4.57. The Balaban J connectivity index is 1.82. The molecule has 2 aromatic rings. The van der Waals surface area contributed by atoms with Crippen LogP contribution in [0.15, 0.2) is 54.6 Å². The van der Waals surface area contributed by atoms with Crippen LogP contribution < -0.4 is 10.4 Å². The van der Waals surface area contributed by atoms with Gasteiger partial charge in [-0.2, -0.15) is 0 Å². The summed E-state index contributed by atoms with van der Waals surface area (Å²) in [7, 11) is 0. The van der Waals surface area contributed by atoms with Gasteiger partial charge in [-0.1, -0.05) is 48.0 Å². The van der Waals surface area contributed by atoms with Crippen molar-refractivity contribution in [3.8, 4) is 0 Å². The fourth-order valence-corrected chi connectivity index (χ4v) is 3.47. The number of carbonyl (C=O) groups excluding carboxylic acids is 3. The van der Waals surface area contributed by atoms with E-state index in [2.05, 4.69) is 5.32 Å². The van der Waals surface area contributed by atoms with Crippen LogP contribution in [0.1, 0.15) is 34.3 Å². The van der Waals surface area contributed by atoms with Crippen molar-refractivity contribution in [1.82, 2.24) is 10.2 Å². The highest BCUT2D eigenvalue weighted by Crippen LogP contribution is 2.19. The summed E-state index contributed by atoms with van der Waals surface area (Å²) in [5, 5.41) is 14.2. The molecule has 6 nitrogen and oxygen atoms in total. The zero-order chi connectivity index (χ0) is 20.1. The summed E-state index contributed by atoms with van der Waals surface area (Å²) in [4.78, 5) is 38.4. The molecule has 2 atom stereocenters. The van der Waals surface area contributed by atoms with E-state index in [4.69, 9.17) is 0 Å².